The van der Waals surface area contributed by atoms with E-state index in [9.17, 15) is 0 Å². The monoisotopic (exact) mass is 315 g/mol. The third-order valence-electron chi connectivity index (χ3n) is 3.52. The quantitative estimate of drug-likeness (QED) is 0.691. The molecule has 0 unspecified atom stereocenters. The molecule has 0 saturated carbocycles. The number of morpholine rings is 1. The fourth-order valence-corrected chi connectivity index (χ4v) is 2.42. The Morgan fingerprint density at radius 1 is 1.00 bits per heavy atom. The molecule has 1 N–H and O–H groups in total. The average Bonchev–Trinajstić information content (AvgIpc) is 2.58. The van der Waals surface area contributed by atoms with Gasteiger partial charge in [-0.3, -0.25) is 5.43 Å². The van der Waals surface area contributed by atoms with Crippen molar-refractivity contribution >= 4 is 29.2 Å². The van der Waals surface area contributed by atoms with Crippen molar-refractivity contribution in [3.05, 3.63) is 59.1 Å². The molecule has 0 atom stereocenters. The number of benzene rings is 2. The van der Waals surface area contributed by atoms with E-state index in [-0.39, 0.29) is 0 Å². The summed E-state index contributed by atoms with van der Waals surface area (Å²) in [6, 6.07) is 15.8. The number of hydrazone groups is 1. The molecule has 2 aromatic rings. The van der Waals surface area contributed by atoms with Crippen LogP contribution in [0.3, 0.4) is 0 Å². The van der Waals surface area contributed by atoms with Crippen LogP contribution in [-0.2, 0) is 4.74 Å². The van der Waals surface area contributed by atoms with Crippen LogP contribution in [0.15, 0.2) is 53.6 Å². The lowest BCUT2D eigenvalue weighted by molar-refractivity contribution is 0.122. The lowest BCUT2D eigenvalue weighted by atomic mass is 10.2. The van der Waals surface area contributed by atoms with Crippen LogP contribution in [0.4, 0.5) is 11.4 Å². The lowest BCUT2D eigenvalue weighted by Gasteiger charge is -2.28. The lowest BCUT2D eigenvalue weighted by Crippen LogP contribution is -2.36. The van der Waals surface area contributed by atoms with Gasteiger partial charge in [0.1, 0.15) is 0 Å². The van der Waals surface area contributed by atoms with Gasteiger partial charge in [0.25, 0.3) is 0 Å². The Morgan fingerprint density at radius 2 is 1.68 bits per heavy atom. The highest BCUT2D eigenvalue weighted by molar-refractivity contribution is 6.30. The van der Waals surface area contributed by atoms with Crippen LogP contribution in [-0.4, -0.2) is 32.5 Å². The molecule has 0 aliphatic carbocycles. The van der Waals surface area contributed by atoms with Gasteiger partial charge in [0.15, 0.2) is 0 Å². The van der Waals surface area contributed by atoms with E-state index in [1.807, 2.05) is 24.3 Å². The van der Waals surface area contributed by atoms with Gasteiger partial charge in [0, 0.05) is 23.8 Å². The first-order chi connectivity index (χ1) is 10.8. The Labute approximate surface area is 135 Å². The molecule has 0 amide bonds. The molecular weight excluding hydrogens is 298 g/mol. The van der Waals surface area contributed by atoms with Crippen LogP contribution in [0.5, 0.6) is 0 Å². The molecule has 1 aliphatic rings. The third-order valence-corrected chi connectivity index (χ3v) is 3.77. The predicted molar refractivity (Wildman–Crippen MR) is 92.1 cm³/mol. The zero-order chi connectivity index (χ0) is 15.2. The molecule has 4 nitrogen and oxygen atoms in total. The number of hydrogen-bond donors (Lipinski definition) is 1. The zero-order valence-corrected chi connectivity index (χ0v) is 13.0. The van der Waals surface area contributed by atoms with Crippen molar-refractivity contribution in [3.63, 3.8) is 0 Å². The van der Waals surface area contributed by atoms with Gasteiger partial charge >= 0.3 is 0 Å². The molecule has 1 aliphatic heterocycles. The van der Waals surface area contributed by atoms with Crippen LogP contribution >= 0.6 is 11.6 Å². The van der Waals surface area contributed by atoms with E-state index in [4.69, 9.17) is 16.3 Å². The van der Waals surface area contributed by atoms with Crippen LogP contribution in [0, 0.1) is 0 Å². The Morgan fingerprint density at radius 3 is 2.36 bits per heavy atom. The Kier molecular flexibility index (Phi) is 4.93. The number of hydrogen-bond acceptors (Lipinski definition) is 4. The second kappa shape index (κ2) is 7.29. The highest BCUT2D eigenvalue weighted by Gasteiger charge is 2.10. The van der Waals surface area contributed by atoms with Crippen molar-refractivity contribution in [3.8, 4) is 0 Å². The highest BCUT2D eigenvalue weighted by atomic mass is 35.5. The van der Waals surface area contributed by atoms with E-state index in [1.165, 1.54) is 5.69 Å². The van der Waals surface area contributed by atoms with Crippen molar-refractivity contribution in [2.75, 3.05) is 36.6 Å². The minimum Gasteiger partial charge on any atom is -0.378 e. The molecule has 1 saturated heterocycles. The summed E-state index contributed by atoms with van der Waals surface area (Å²) in [6.07, 6.45) is 1.80. The largest absolute Gasteiger partial charge is 0.378 e. The van der Waals surface area contributed by atoms with E-state index < -0.39 is 0 Å². The summed E-state index contributed by atoms with van der Waals surface area (Å²) >= 11 is 5.84. The molecule has 3 rings (SSSR count). The molecule has 1 heterocycles. The number of ether oxygens (including phenoxy) is 1. The normalized spacial score (nSPS) is 15.2. The predicted octanol–water partition coefficient (Wildman–Crippen LogP) is 3.62. The summed E-state index contributed by atoms with van der Waals surface area (Å²) in [6.45, 7) is 3.50. The summed E-state index contributed by atoms with van der Waals surface area (Å²) < 4.78 is 5.37. The molecular formula is C17H18ClN3O. The summed E-state index contributed by atoms with van der Waals surface area (Å²) in [5, 5.41) is 4.95. The minimum atomic E-state index is 0.716. The first-order valence-corrected chi connectivity index (χ1v) is 7.66. The minimum absolute atomic E-state index is 0.716. The Hall–Kier alpha value is -2.04. The average molecular weight is 316 g/mol. The van der Waals surface area contributed by atoms with Gasteiger partial charge in [-0.2, -0.15) is 5.10 Å². The summed E-state index contributed by atoms with van der Waals surface area (Å²) in [7, 11) is 0. The number of halogens is 1. The topological polar surface area (TPSA) is 36.9 Å². The Bertz CT molecular complexity index is 619. The maximum atomic E-state index is 5.84. The van der Waals surface area contributed by atoms with Gasteiger partial charge < -0.3 is 9.64 Å². The van der Waals surface area contributed by atoms with E-state index in [2.05, 4.69) is 39.7 Å². The number of nitrogens with zero attached hydrogens (tertiary/aromatic N) is 2. The molecule has 2 aromatic carbocycles. The maximum absolute atomic E-state index is 5.84. The SMILES string of the molecule is Clc1ccc(N/N=C\c2ccc(N3CCOCC3)cc2)cc1. The Balaban J connectivity index is 1.58. The second-order valence-corrected chi connectivity index (χ2v) is 5.50. The van der Waals surface area contributed by atoms with Gasteiger partial charge in [-0.05, 0) is 42.0 Å². The molecule has 5 heteroatoms. The van der Waals surface area contributed by atoms with Crippen LogP contribution in [0.2, 0.25) is 5.02 Å². The highest BCUT2D eigenvalue weighted by Crippen LogP contribution is 2.16. The van der Waals surface area contributed by atoms with Gasteiger partial charge in [0.2, 0.25) is 0 Å². The molecule has 114 valence electrons. The van der Waals surface area contributed by atoms with Gasteiger partial charge in [0.05, 0.1) is 25.1 Å². The van der Waals surface area contributed by atoms with Crippen molar-refractivity contribution in [1.29, 1.82) is 0 Å². The zero-order valence-electron chi connectivity index (χ0n) is 12.2. The van der Waals surface area contributed by atoms with Crippen LogP contribution in [0.1, 0.15) is 5.56 Å². The maximum Gasteiger partial charge on any atom is 0.0642 e. The molecule has 0 radical (unpaired) electrons. The molecule has 0 spiro atoms. The number of anilines is 2. The summed E-state index contributed by atoms with van der Waals surface area (Å²) in [4.78, 5) is 2.33. The smallest absolute Gasteiger partial charge is 0.0642 e. The molecule has 1 fully saturated rings. The van der Waals surface area contributed by atoms with Crippen molar-refractivity contribution in [2.24, 2.45) is 5.10 Å². The fourth-order valence-electron chi connectivity index (χ4n) is 2.30. The molecule has 0 aromatic heterocycles. The van der Waals surface area contributed by atoms with E-state index in [0.29, 0.717) is 5.02 Å². The number of nitrogens with one attached hydrogen (secondary N) is 1. The first-order valence-electron chi connectivity index (χ1n) is 7.29. The standard InChI is InChI=1S/C17H18ClN3O/c18-15-3-5-16(6-4-15)20-19-13-14-1-7-17(8-2-14)21-9-11-22-12-10-21/h1-8,13,20H,9-12H2/b19-13-. The van der Waals surface area contributed by atoms with Gasteiger partial charge in [-0.15, -0.1) is 0 Å². The van der Waals surface area contributed by atoms with Gasteiger partial charge in [-0.1, -0.05) is 23.7 Å². The van der Waals surface area contributed by atoms with Crippen LogP contribution in [0.25, 0.3) is 0 Å². The summed E-state index contributed by atoms with van der Waals surface area (Å²) in [5.74, 6) is 0. The summed E-state index contributed by atoms with van der Waals surface area (Å²) in [5.41, 5.74) is 6.17. The molecule has 22 heavy (non-hydrogen) atoms. The van der Waals surface area contributed by atoms with Crippen molar-refractivity contribution < 1.29 is 4.74 Å². The molecule has 0 bridgehead atoms. The number of rotatable bonds is 4. The fraction of sp³-hybridized carbons (Fsp3) is 0.235. The first kappa shape index (κ1) is 14.9. The van der Waals surface area contributed by atoms with Crippen LogP contribution < -0.4 is 10.3 Å². The van der Waals surface area contributed by atoms with E-state index >= 15 is 0 Å². The van der Waals surface area contributed by atoms with Crippen molar-refractivity contribution in [1.82, 2.24) is 0 Å². The second-order valence-electron chi connectivity index (χ2n) is 5.07. The van der Waals surface area contributed by atoms with Crippen molar-refractivity contribution in [2.45, 2.75) is 0 Å². The van der Waals surface area contributed by atoms with Gasteiger partial charge in [-0.25, -0.2) is 0 Å². The van der Waals surface area contributed by atoms with E-state index in [1.54, 1.807) is 6.21 Å². The third kappa shape index (κ3) is 4.00. The van der Waals surface area contributed by atoms with E-state index in [0.717, 1.165) is 37.6 Å².